The van der Waals surface area contributed by atoms with Gasteiger partial charge in [0.1, 0.15) is 24.9 Å². The van der Waals surface area contributed by atoms with Gasteiger partial charge in [-0.2, -0.15) is 0 Å². The van der Waals surface area contributed by atoms with Gasteiger partial charge < -0.3 is 18.9 Å². The van der Waals surface area contributed by atoms with Crippen LogP contribution in [0.1, 0.15) is 28.7 Å². The van der Waals surface area contributed by atoms with E-state index in [-0.39, 0.29) is 6.61 Å². The quantitative estimate of drug-likeness (QED) is 0.113. The fourth-order valence-corrected chi connectivity index (χ4v) is 5.70. The molecule has 1 aliphatic carbocycles. The molecule has 0 spiro atoms. The van der Waals surface area contributed by atoms with Gasteiger partial charge in [0.2, 0.25) is 4.38 Å². The summed E-state index contributed by atoms with van der Waals surface area (Å²) in [5.74, 6) is 0. The van der Waals surface area contributed by atoms with Crippen LogP contribution in [-0.4, -0.2) is 46.0 Å². The van der Waals surface area contributed by atoms with Crippen molar-refractivity contribution in [3.8, 4) is 0 Å². The Morgan fingerprint density at radius 1 is 0.717 bits per heavy atom. The Hall–Kier alpha value is -3.95. The lowest BCUT2D eigenvalue weighted by Crippen LogP contribution is -2.55. The van der Waals surface area contributed by atoms with E-state index in [2.05, 4.69) is 0 Å². The van der Waals surface area contributed by atoms with Crippen LogP contribution in [0.3, 0.4) is 0 Å². The highest BCUT2D eigenvalue weighted by Gasteiger charge is 2.44. The second kappa shape index (κ2) is 17.7. The Balaban J connectivity index is 1.48. The number of hydrogen-bond donors (Lipinski definition) is 0. The van der Waals surface area contributed by atoms with E-state index in [0.717, 1.165) is 22.3 Å². The van der Waals surface area contributed by atoms with E-state index >= 15 is 0 Å². The SMILES string of the molecule is CSC(=S)O[C@@H]1[C@@H](OCc2ccccc2)[C@H](OCc2ccccc2)C=CC[C@H]1N(Cc1ccccc1)C(=O)OCc1ccccc1. The zero-order valence-corrected chi connectivity index (χ0v) is 27.5. The van der Waals surface area contributed by atoms with Crippen LogP contribution in [0.4, 0.5) is 4.79 Å². The van der Waals surface area contributed by atoms with Crippen molar-refractivity contribution < 1.29 is 23.7 Å². The zero-order chi connectivity index (χ0) is 32.0. The van der Waals surface area contributed by atoms with Crippen molar-refractivity contribution in [2.45, 2.75) is 57.1 Å². The summed E-state index contributed by atoms with van der Waals surface area (Å²) in [6.45, 7) is 1.19. The molecule has 0 radical (unpaired) electrons. The molecule has 1 amide bonds. The molecule has 1 aliphatic rings. The number of carbonyl (C=O) groups is 1. The number of thiocarbonyl (C=S) groups is 1. The van der Waals surface area contributed by atoms with Gasteiger partial charge in [-0.25, -0.2) is 4.79 Å². The van der Waals surface area contributed by atoms with Crippen LogP contribution in [0.2, 0.25) is 0 Å². The largest absolute Gasteiger partial charge is 0.470 e. The van der Waals surface area contributed by atoms with Crippen molar-refractivity contribution in [3.63, 3.8) is 0 Å². The topological polar surface area (TPSA) is 57.2 Å². The van der Waals surface area contributed by atoms with Gasteiger partial charge in [0.15, 0.2) is 0 Å². The van der Waals surface area contributed by atoms with Crippen molar-refractivity contribution in [1.82, 2.24) is 4.90 Å². The molecule has 238 valence electrons. The molecule has 0 aromatic heterocycles. The predicted octanol–water partition coefficient (Wildman–Crippen LogP) is 8.36. The molecule has 4 atom stereocenters. The molecule has 4 aromatic rings. The molecular weight excluding hydrogens is 615 g/mol. The van der Waals surface area contributed by atoms with Gasteiger partial charge in [0, 0.05) is 6.54 Å². The Labute approximate surface area is 281 Å². The van der Waals surface area contributed by atoms with Crippen molar-refractivity contribution in [2.24, 2.45) is 0 Å². The third kappa shape index (κ3) is 9.77. The van der Waals surface area contributed by atoms with Crippen LogP contribution in [0, 0.1) is 0 Å². The van der Waals surface area contributed by atoms with Crippen LogP contribution in [0.15, 0.2) is 133 Å². The Kier molecular flexibility index (Phi) is 12.8. The first-order valence-corrected chi connectivity index (χ1v) is 17.0. The zero-order valence-electron chi connectivity index (χ0n) is 25.9. The van der Waals surface area contributed by atoms with Crippen LogP contribution in [0.25, 0.3) is 0 Å². The Morgan fingerprint density at radius 3 is 1.76 bits per heavy atom. The molecule has 0 bridgehead atoms. The molecule has 5 rings (SSSR count). The normalized spacial score (nSPS) is 19.2. The number of rotatable bonds is 12. The molecule has 0 heterocycles. The molecule has 0 unspecified atom stereocenters. The van der Waals surface area contributed by atoms with Gasteiger partial charge >= 0.3 is 6.09 Å². The summed E-state index contributed by atoms with van der Waals surface area (Å²) in [4.78, 5) is 15.8. The second-order valence-electron chi connectivity index (χ2n) is 10.9. The van der Waals surface area contributed by atoms with Gasteiger partial charge in [-0.3, -0.25) is 4.90 Å². The number of benzene rings is 4. The highest BCUT2D eigenvalue weighted by atomic mass is 32.2. The maximum absolute atomic E-state index is 14.0. The average molecular weight is 654 g/mol. The van der Waals surface area contributed by atoms with Gasteiger partial charge in [0.05, 0.1) is 19.3 Å². The first kappa shape index (κ1) is 33.4. The predicted molar refractivity (Wildman–Crippen MR) is 187 cm³/mol. The molecule has 0 saturated heterocycles. The molecular formula is C38H39NO5S2. The maximum atomic E-state index is 14.0. The van der Waals surface area contributed by atoms with E-state index in [1.54, 1.807) is 4.90 Å². The Morgan fingerprint density at radius 2 is 1.22 bits per heavy atom. The van der Waals surface area contributed by atoms with Crippen LogP contribution in [-0.2, 0) is 45.3 Å². The van der Waals surface area contributed by atoms with Gasteiger partial charge in [-0.05, 0) is 47.1 Å². The lowest BCUT2D eigenvalue weighted by molar-refractivity contribution is -0.125. The number of hydrogen-bond acceptors (Lipinski definition) is 7. The lowest BCUT2D eigenvalue weighted by Gasteiger charge is -2.39. The minimum atomic E-state index is -0.660. The lowest BCUT2D eigenvalue weighted by atomic mass is 9.99. The minimum Gasteiger partial charge on any atom is -0.470 e. The van der Waals surface area contributed by atoms with Crippen LogP contribution in [0.5, 0.6) is 0 Å². The van der Waals surface area contributed by atoms with E-state index in [4.69, 9.17) is 31.2 Å². The van der Waals surface area contributed by atoms with Gasteiger partial charge in [0.25, 0.3) is 0 Å². The van der Waals surface area contributed by atoms with E-state index in [1.807, 2.05) is 140 Å². The van der Waals surface area contributed by atoms with Gasteiger partial charge in [-0.1, -0.05) is 145 Å². The maximum Gasteiger partial charge on any atom is 0.410 e. The first-order valence-electron chi connectivity index (χ1n) is 15.3. The van der Waals surface area contributed by atoms with Crippen LogP contribution >= 0.6 is 24.0 Å². The third-order valence-electron chi connectivity index (χ3n) is 7.74. The number of amides is 1. The summed E-state index contributed by atoms with van der Waals surface area (Å²) in [5.41, 5.74) is 3.94. The molecule has 0 aliphatic heterocycles. The number of thioether (sulfide) groups is 1. The number of nitrogens with zero attached hydrogens (tertiary/aromatic N) is 1. The van der Waals surface area contributed by atoms with Crippen molar-refractivity contribution in [1.29, 1.82) is 0 Å². The molecule has 0 fully saturated rings. The molecule has 6 nitrogen and oxygen atoms in total. The van der Waals surface area contributed by atoms with Crippen LogP contribution < -0.4 is 0 Å². The third-order valence-corrected chi connectivity index (χ3v) is 8.76. The summed E-state index contributed by atoms with van der Waals surface area (Å²) < 4.78 is 26.1. The van der Waals surface area contributed by atoms with Crippen molar-refractivity contribution in [3.05, 3.63) is 156 Å². The molecule has 46 heavy (non-hydrogen) atoms. The van der Waals surface area contributed by atoms with Gasteiger partial charge in [-0.15, -0.1) is 0 Å². The summed E-state index contributed by atoms with van der Waals surface area (Å²) >= 11 is 6.97. The second-order valence-corrected chi connectivity index (χ2v) is 12.4. The Bertz CT molecular complexity index is 1520. The van der Waals surface area contributed by atoms with E-state index in [0.29, 0.717) is 30.6 Å². The summed E-state index contributed by atoms with van der Waals surface area (Å²) in [5, 5.41) is 0. The van der Waals surface area contributed by atoms with Crippen molar-refractivity contribution in [2.75, 3.05) is 6.26 Å². The highest BCUT2D eigenvalue weighted by molar-refractivity contribution is 8.22. The summed E-state index contributed by atoms with van der Waals surface area (Å²) in [7, 11) is 0. The average Bonchev–Trinajstić information content (AvgIpc) is 3.27. The molecule has 0 N–H and O–H groups in total. The first-order chi connectivity index (χ1) is 22.6. The fraction of sp³-hybridized carbons (Fsp3) is 0.263. The monoisotopic (exact) mass is 653 g/mol. The van der Waals surface area contributed by atoms with E-state index < -0.39 is 30.4 Å². The summed E-state index contributed by atoms with van der Waals surface area (Å²) in [6.07, 6.45) is 4.27. The van der Waals surface area contributed by atoms with E-state index in [1.165, 1.54) is 11.8 Å². The fourth-order valence-electron chi connectivity index (χ4n) is 5.38. The standard InChI is InChI=1S/C38H39NO5S2/c1-46-38(45)44-35-33(39(25-29-15-6-2-7-16-29)37(40)43-28-32-21-12-5-13-22-32)23-14-24-34(41-26-30-17-8-3-9-18-30)36(35)42-27-31-19-10-4-11-20-31/h2-22,24,33-36H,23,25-28H2,1H3/t33-,34-,35+,36+/m1/s1. The highest BCUT2D eigenvalue weighted by Crippen LogP contribution is 2.30. The molecule has 0 saturated carbocycles. The number of carbonyl (C=O) groups excluding carboxylic acids is 1. The summed E-state index contributed by atoms with van der Waals surface area (Å²) in [6, 6.07) is 39.1. The van der Waals surface area contributed by atoms with Crippen molar-refractivity contribution >= 4 is 34.5 Å². The molecule has 4 aromatic carbocycles. The number of ether oxygens (including phenoxy) is 4. The smallest absolute Gasteiger partial charge is 0.410 e. The minimum absolute atomic E-state index is 0.152. The molecule has 8 heteroatoms. The van der Waals surface area contributed by atoms with E-state index in [9.17, 15) is 4.79 Å².